The van der Waals surface area contributed by atoms with Gasteiger partial charge < -0.3 is 10.6 Å². The van der Waals surface area contributed by atoms with Crippen LogP contribution in [0.5, 0.6) is 0 Å². The van der Waals surface area contributed by atoms with Crippen LogP contribution in [0.2, 0.25) is 0 Å². The van der Waals surface area contributed by atoms with Crippen molar-refractivity contribution in [2.45, 2.75) is 18.9 Å². The normalized spacial score (nSPS) is 22.2. The predicted molar refractivity (Wildman–Crippen MR) is 76.4 cm³/mol. The van der Waals surface area contributed by atoms with Crippen molar-refractivity contribution in [3.05, 3.63) is 53.3 Å². The average molecular weight is 270 g/mol. The number of rotatable bonds is 2. The molecule has 2 atom stereocenters. The van der Waals surface area contributed by atoms with Crippen molar-refractivity contribution in [1.29, 1.82) is 0 Å². The van der Waals surface area contributed by atoms with Gasteiger partial charge in [0.15, 0.2) is 0 Å². The highest BCUT2D eigenvalue weighted by atomic mass is 16.2. The summed E-state index contributed by atoms with van der Waals surface area (Å²) in [4.78, 5) is 14.2. The first-order valence-electron chi connectivity index (χ1n) is 6.77. The van der Waals surface area contributed by atoms with E-state index in [0.29, 0.717) is 18.8 Å². The van der Waals surface area contributed by atoms with E-state index in [2.05, 4.69) is 22.3 Å². The molecule has 1 aromatic carbocycles. The third kappa shape index (κ3) is 2.32. The van der Waals surface area contributed by atoms with Gasteiger partial charge in [-0.1, -0.05) is 30.3 Å². The number of nitrogens with zero attached hydrogens (tertiary/aromatic N) is 2. The first-order valence-corrected chi connectivity index (χ1v) is 6.77. The minimum atomic E-state index is -0.0526. The lowest BCUT2D eigenvalue weighted by Gasteiger charge is -2.15. The quantitative estimate of drug-likeness (QED) is 0.863. The van der Waals surface area contributed by atoms with Gasteiger partial charge in [-0.3, -0.25) is 9.89 Å². The zero-order valence-corrected chi connectivity index (χ0v) is 11.4. The van der Waals surface area contributed by atoms with Gasteiger partial charge in [0.25, 0.3) is 5.91 Å². The molecule has 3 rings (SSSR count). The van der Waals surface area contributed by atoms with Crippen LogP contribution in [0, 0.1) is 6.92 Å². The largest absolute Gasteiger partial charge is 0.335 e. The molecule has 0 spiro atoms. The maximum absolute atomic E-state index is 12.4. The Labute approximate surface area is 117 Å². The minimum Gasteiger partial charge on any atom is -0.335 e. The summed E-state index contributed by atoms with van der Waals surface area (Å²) in [7, 11) is 0. The van der Waals surface area contributed by atoms with Crippen molar-refractivity contribution >= 4 is 5.91 Å². The third-order valence-corrected chi connectivity index (χ3v) is 3.81. The van der Waals surface area contributed by atoms with Crippen molar-refractivity contribution in [3.8, 4) is 0 Å². The van der Waals surface area contributed by atoms with E-state index in [9.17, 15) is 4.79 Å². The number of nitrogens with two attached hydrogens (primary N) is 1. The molecular formula is C15H18N4O. The van der Waals surface area contributed by atoms with Crippen LogP contribution in [0.15, 0.2) is 36.4 Å². The second-order valence-electron chi connectivity index (χ2n) is 5.33. The Morgan fingerprint density at radius 1 is 1.35 bits per heavy atom. The minimum absolute atomic E-state index is 0.0265. The number of nitrogens with one attached hydrogen (secondary N) is 1. The average Bonchev–Trinajstić information content (AvgIpc) is 3.05. The fourth-order valence-corrected chi connectivity index (χ4v) is 2.74. The summed E-state index contributed by atoms with van der Waals surface area (Å²) >= 11 is 0. The predicted octanol–water partition coefficient (Wildman–Crippen LogP) is 1.29. The summed E-state index contributed by atoms with van der Waals surface area (Å²) in [5.74, 6) is 0.142. The molecule has 1 saturated heterocycles. The fraction of sp³-hybridized carbons (Fsp3) is 0.333. The summed E-state index contributed by atoms with van der Waals surface area (Å²) in [6, 6.07) is 11.9. The molecule has 5 heteroatoms. The van der Waals surface area contributed by atoms with Crippen LogP contribution < -0.4 is 5.73 Å². The number of aromatic nitrogens is 2. The number of hydrogen-bond donors (Lipinski definition) is 2. The number of carbonyl (C=O) groups excluding carboxylic acids is 1. The highest BCUT2D eigenvalue weighted by Crippen LogP contribution is 2.27. The van der Waals surface area contributed by atoms with Gasteiger partial charge in [-0.25, -0.2) is 0 Å². The smallest absolute Gasteiger partial charge is 0.274 e. The SMILES string of the molecule is Cc1cc(C(=O)N2C[C@@H](N)[C@H](c3ccccc3)C2)n[nH]1. The number of H-pyrrole nitrogens is 1. The summed E-state index contributed by atoms with van der Waals surface area (Å²) in [5, 5.41) is 6.82. The van der Waals surface area contributed by atoms with Crippen LogP contribution in [0.1, 0.15) is 27.7 Å². The standard InChI is InChI=1S/C15H18N4O/c1-10-7-14(18-17-10)15(20)19-8-12(13(16)9-19)11-5-3-2-4-6-11/h2-7,12-13H,8-9,16H2,1H3,(H,17,18)/t12-,13+/m0/s1. The maximum Gasteiger partial charge on any atom is 0.274 e. The van der Waals surface area contributed by atoms with E-state index in [0.717, 1.165) is 5.69 Å². The Hall–Kier alpha value is -2.14. The summed E-state index contributed by atoms with van der Waals surface area (Å²) in [5.41, 5.74) is 8.74. The monoisotopic (exact) mass is 270 g/mol. The number of carbonyl (C=O) groups is 1. The van der Waals surface area contributed by atoms with E-state index in [1.807, 2.05) is 25.1 Å². The van der Waals surface area contributed by atoms with Gasteiger partial charge in [-0.2, -0.15) is 5.10 Å². The van der Waals surface area contributed by atoms with E-state index < -0.39 is 0 Å². The number of likely N-dealkylation sites (tertiary alicyclic amines) is 1. The van der Waals surface area contributed by atoms with Crippen LogP contribution in [-0.4, -0.2) is 40.1 Å². The zero-order chi connectivity index (χ0) is 14.1. The van der Waals surface area contributed by atoms with Gasteiger partial charge in [0.1, 0.15) is 5.69 Å². The highest BCUT2D eigenvalue weighted by Gasteiger charge is 2.34. The summed E-state index contributed by atoms with van der Waals surface area (Å²) < 4.78 is 0. The lowest BCUT2D eigenvalue weighted by Crippen LogP contribution is -2.32. The molecule has 1 aliphatic heterocycles. The van der Waals surface area contributed by atoms with Crippen molar-refractivity contribution < 1.29 is 4.79 Å². The van der Waals surface area contributed by atoms with Gasteiger partial charge in [0.05, 0.1) is 0 Å². The molecule has 1 amide bonds. The summed E-state index contributed by atoms with van der Waals surface area (Å²) in [6.45, 7) is 3.10. The maximum atomic E-state index is 12.4. The molecule has 2 aromatic rings. The van der Waals surface area contributed by atoms with Crippen LogP contribution in [0.3, 0.4) is 0 Å². The zero-order valence-electron chi connectivity index (χ0n) is 11.4. The molecule has 0 saturated carbocycles. The van der Waals surface area contributed by atoms with Crippen LogP contribution in [-0.2, 0) is 0 Å². The number of aromatic amines is 1. The van der Waals surface area contributed by atoms with Crippen LogP contribution in [0.4, 0.5) is 0 Å². The Balaban J connectivity index is 1.77. The highest BCUT2D eigenvalue weighted by molar-refractivity contribution is 5.92. The molecular weight excluding hydrogens is 252 g/mol. The molecule has 1 aliphatic rings. The van der Waals surface area contributed by atoms with E-state index in [1.165, 1.54) is 5.56 Å². The van der Waals surface area contributed by atoms with E-state index in [-0.39, 0.29) is 17.9 Å². The molecule has 0 radical (unpaired) electrons. The molecule has 1 fully saturated rings. The lowest BCUT2D eigenvalue weighted by molar-refractivity contribution is 0.0783. The van der Waals surface area contributed by atoms with E-state index in [4.69, 9.17) is 5.73 Å². The molecule has 3 N–H and O–H groups in total. The molecule has 20 heavy (non-hydrogen) atoms. The van der Waals surface area contributed by atoms with Gasteiger partial charge >= 0.3 is 0 Å². The van der Waals surface area contributed by atoms with Crippen LogP contribution >= 0.6 is 0 Å². The van der Waals surface area contributed by atoms with Gasteiger partial charge in [-0.05, 0) is 18.6 Å². The summed E-state index contributed by atoms with van der Waals surface area (Å²) in [6.07, 6.45) is 0. The van der Waals surface area contributed by atoms with Crippen molar-refractivity contribution in [1.82, 2.24) is 15.1 Å². The topological polar surface area (TPSA) is 75.0 Å². The van der Waals surface area contributed by atoms with E-state index in [1.54, 1.807) is 11.0 Å². The number of hydrogen-bond acceptors (Lipinski definition) is 3. The molecule has 0 bridgehead atoms. The van der Waals surface area contributed by atoms with Crippen molar-refractivity contribution in [2.75, 3.05) is 13.1 Å². The van der Waals surface area contributed by atoms with Crippen LogP contribution in [0.25, 0.3) is 0 Å². The fourth-order valence-electron chi connectivity index (χ4n) is 2.74. The molecule has 5 nitrogen and oxygen atoms in total. The van der Waals surface area contributed by atoms with Gasteiger partial charge in [0.2, 0.25) is 0 Å². The van der Waals surface area contributed by atoms with E-state index >= 15 is 0 Å². The molecule has 0 unspecified atom stereocenters. The Morgan fingerprint density at radius 3 is 2.75 bits per heavy atom. The van der Waals surface area contributed by atoms with Gasteiger partial charge in [-0.15, -0.1) is 0 Å². The second-order valence-corrected chi connectivity index (χ2v) is 5.33. The van der Waals surface area contributed by atoms with Gasteiger partial charge in [0, 0.05) is 30.7 Å². The molecule has 0 aliphatic carbocycles. The number of aryl methyl sites for hydroxylation is 1. The number of amides is 1. The second kappa shape index (κ2) is 5.09. The molecule has 1 aromatic heterocycles. The third-order valence-electron chi connectivity index (χ3n) is 3.81. The first kappa shape index (κ1) is 12.9. The Morgan fingerprint density at radius 2 is 2.10 bits per heavy atom. The first-order chi connectivity index (χ1) is 9.65. The Kier molecular flexibility index (Phi) is 3.28. The number of benzene rings is 1. The molecule has 104 valence electrons. The van der Waals surface area contributed by atoms with Crippen molar-refractivity contribution in [2.24, 2.45) is 5.73 Å². The lowest BCUT2D eigenvalue weighted by atomic mass is 9.95. The van der Waals surface area contributed by atoms with Crippen molar-refractivity contribution in [3.63, 3.8) is 0 Å². The molecule has 2 heterocycles. The Bertz CT molecular complexity index is 607.